The van der Waals surface area contributed by atoms with E-state index < -0.39 is 0 Å². The number of nitrogens with one attached hydrogen (secondary N) is 2. The summed E-state index contributed by atoms with van der Waals surface area (Å²) in [7, 11) is 0. The number of rotatable bonds is 6. The van der Waals surface area contributed by atoms with Crippen LogP contribution in [0.4, 0.5) is 10.6 Å². The molecule has 2 heterocycles. The molecule has 3 aromatic rings. The molecule has 25 heavy (non-hydrogen) atoms. The molecule has 8 nitrogen and oxygen atoms in total. The molecule has 0 atom stereocenters. The molecule has 8 heteroatoms. The third-order valence-corrected chi connectivity index (χ3v) is 3.90. The second-order valence-electron chi connectivity index (χ2n) is 6.01. The van der Waals surface area contributed by atoms with E-state index in [1.165, 1.54) is 0 Å². The van der Waals surface area contributed by atoms with E-state index in [1.807, 2.05) is 36.5 Å². The minimum atomic E-state index is -0.365. The monoisotopic (exact) mass is 338 g/mol. The Hall–Kier alpha value is -3.16. The molecule has 0 bridgehead atoms. The first-order chi connectivity index (χ1) is 12.3. The molecule has 2 aromatic heterocycles. The first-order valence-electron chi connectivity index (χ1n) is 8.21. The predicted molar refractivity (Wildman–Crippen MR) is 89.9 cm³/mol. The van der Waals surface area contributed by atoms with E-state index in [1.54, 1.807) is 10.7 Å². The van der Waals surface area contributed by atoms with Crippen LogP contribution in [0.1, 0.15) is 36.0 Å². The van der Waals surface area contributed by atoms with Crippen molar-refractivity contribution < 1.29 is 9.32 Å². The van der Waals surface area contributed by atoms with Gasteiger partial charge in [0.05, 0.1) is 13.1 Å². The van der Waals surface area contributed by atoms with E-state index in [0.717, 1.165) is 24.2 Å². The average molecular weight is 338 g/mol. The van der Waals surface area contributed by atoms with Crippen molar-refractivity contribution in [1.29, 1.82) is 0 Å². The highest BCUT2D eigenvalue weighted by molar-refractivity contribution is 5.87. The number of urea groups is 1. The van der Waals surface area contributed by atoms with Crippen LogP contribution >= 0.6 is 0 Å². The maximum absolute atomic E-state index is 11.9. The third-order valence-electron chi connectivity index (χ3n) is 3.90. The normalized spacial score (nSPS) is 13.6. The van der Waals surface area contributed by atoms with Gasteiger partial charge in [0, 0.05) is 18.2 Å². The summed E-state index contributed by atoms with van der Waals surface area (Å²) in [4.78, 5) is 16.2. The predicted octanol–water partition coefficient (Wildman–Crippen LogP) is 2.51. The number of hydrogen-bond donors (Lipinski definition) is 2. The average Bonchev–Trinajstić information content (AvgIpc) is 3.21. The van der Waals surface area contributed by atoms with Crippen molar-refractivity contribution in [3.8, 4) is 0 Å². The molecule has 0 aliphatic heterocycles. The number of aromatic nitrogens is 4. The van der Waals surface area contributed by atoms with Crippen LogP contribution in [-0.2, 0) is 13.1 Å². The van der Waals surface area contributed by atoms with Crippen molar-refractivity contribution in [3.05, 3.63) is 59.9 Å². The van der Waals surface area contributed by atoms with Gasteiger partial charge < -0.3 is 9.84 Å². The maximum atomic E-state index is 11.9. The van der Waals surface area contributed by atoms with Crippen molar-refractivity contribution in [2.75, 3.05) is 5.32 Å². The summed E-state index contributed by atoms with van der Waals surface area (Å²) < 4.78 is 6.88. The van der Waals surface area contributed by atoms with Gasteiger partial charge in [-0.25, -0.2) is 4.79 Å². The van der Waals surface area contributed by atoms with Crippen LogP contribution in [0.3, 0.4) is 0 Å². The number of carbonyl (C=O) groups excluding carboxylic acids is 1. The van der Waals surface area contributed by atoms with E-state index in [2.05, 4.69) is 25.9 Å². The Morgan fingerprint density at radius 3 is 2.88 bits per heavy atom. The van der Waals surface area contributed by atoms with Gasteiger partial charge in [-0.1, -0.05) is 35.5 Å². The first kappa shape index (κ1) is 15.4. The molecule has 2 N–H and O–H groups in total. The minimum absolute atomic E-state index is 0.191. The van der Waals surface area contributed by atoms with Crippen LogP contribution < -0.4 is 10.6 Å². The fraction of sp³-hybridized carbons (Fsp3) is 0.294. The van der Waals surface area contributed by atoms with E-state index in [4.69, 9.17) is 4.52 Å². The Kier molecular flexibility index (Phi) is 4.16. The summed E-state index contributed by atoms with van der Waals surface area (Å²) in [6, 6.07) is 11.4. The van der Waals surface area contributed by atoms with Crippen molar-refractivity contribution in [1.82, 2.24) is 25.2 Å². The standard InChI is InChI=1S/C17H18N6O2/c24-17(18-10-15-20-16(22-25-15)13-6-7-13)19-14-8-9-23(21-14)11-12-4-2-1-3-5-12/h1-5,8-9,13H,6-7,10-11H2,(H2,18,19,21,24). The molecule has 0 saturated heterocycles. The number of hydrogen-bond acceptors (Lipinski definition) is 5. The zero-order valence-corrected chi connectivity index (χ0v) is 13.6. The van der Waals surface area contributed by atoms with Crippen molar-refractivity contribution in [2.45, 2.75) is 31.8 Å². The Labute approximate surface area is 144 Å². The molecule has 1 fully saturated rings. The highest BCUT2D eigenvalue weighted by Gasteiger charge is 2.28. The van der Waals surface area contributed by atoms with Gasteiger partial charge in [-0.2, -0.15) is 10.1 Å². The molecule has 0 unspecified atom stereocenters. The fourth-order valence-corrected chi connectivity index (χ4v) is 2.45. The van der Waals surface area contributed by atoms with E-state index in [9.17, 15) is 4.79 Å². The van der Waals surface area contributed by atoms with E-state index in [0.29, 0.717) is 24.2 Å². The maximum Gasteiger partial charge on any atom is 0.320 e. The smallest absolute Gasteiger partial charge is 0.320 e. The molecule has 1 aliphatic carbocycles. The number of benzene rings is 1. The largest absolute Gasteiger partial charge is 0.337 e. The number of amides is 2. The van der Waals surface area contributed by atoms with Crippen LogP contribution in [0.5, 0.6) is 0 Å². The Morgan fingerprint density at radius 2 is 2.08 bits per heavy atom. The van der Waals surface area contributed by atoms with Gasteiger partial charge >= 0.3 is 6.03 Å². The van der Waals surface area contributed by atoms with Gasteiger partial charge in [-0.15, -0.1) is 0 Å². The van der Waals surface area contributed by atoms with Crippen LogP contribution in [-0.4, -0.2) is 26.0 Å². The third kappa shape index (κ3) is 4.03. The first-order valence-corrected chi connectivity index (χ1v) is 8.21. The Balaban J connectivity index is 1.27. The van der Waals surface area contributed by atoms with E-state index >= 15 is 0 Å². The van der Waals surface area contributed by atoms with Gasteiger partial charge in [0.15, 0.2) is 11.6 Å². The molecule has 128 valence electrons. The van der Waals surface area contributed by atoms with Crippen LogP contribution in [0, 0.1) is 0 Å². The van der Waals surface area contributed by atoms with Crippen molar-refractivity contribution >= 4 is 11.8 Å². The fourth-order valence-electron chi connectivity index (χ4n) is 2.45. The Morgan fingerprint density at radius 1 is 1.24 bits per heavy atom. The number of carbonyl (C=O) groups is 1. The Bertz CT molecular complexity index is 853. The van der Waals surface area contributed by atoms with Gasteiger partial charge in [0.25, 0.3) is 0 Å². The molecule has 4 rings (SSSR count). The highest BCUT2D eigenvalue weighted by atomic mass is 16.5. The van der Waals surface area contributed by atoms with Crippen LogP contribution in [0.2, 0.25) is 0 Å². The molecule has 0 radical (unpaired) electrons. The number of nitrogens with zero attached hydrogens (tertiary/aromatic N) is 4. The van der Waals surface area contributed by atoms with Gasteiger partial charge in [-0.3, -0.25) is 10.00 Å². The quantitative estimate of drug-likeness (QED) is 0.720. The molecule has 1 aliphatic rings. The molecule has 0 spiro atoms. The summed E-state index contributed by atoms with van der Waals surface area (Å²) >= 11 is 0. The molecule has 1 aromatic carbocycles. The lowest BCUT2D eigenvalue weighted by Crippen LogP contribution is -2.28. The summed E-state index contributed by atoms with van der Waals surface area (Å²) in [5, 5.41) is 13.6. The minimum Gasteiger partial charge on any atom is -0.337 e. The summed E-state index contributed by atoms with van der Waals surface area (Å²) in [6.07, 6.45) is 4.04. The van der Waals surface area contributed by atoms with Gasteiger partial charge in [-0.05, 0) is 18.4 Å². The van der Waals surface area contributed by atoms with E-state index in [-0.39, 0.29) is 12.6 Å². The second kappa shape index (κ2) is 6.76. The topological polar surface area (TPSA) is 97.9 Å². The lowest BCUT2D eigenvalue weighted by atomic mass is 10.2. The van der Waals surface area contributed by atoms with Crippen molar-refractivity contribution in [2.24, 2.45) is 0 Å². The lowest BCUT2D eigenvalue weighted by molar-refractivity contribution is 0.249. The zero-order chi connectivity index (χ0) is 17.1. The molecular formula is C17H18N6O2. The highest BCUT2D eigenvalue weighted by Crippen LogP contribution is 2.38. The molecule has 2 amide bonds. The summed E-state index contributed by atoms with van der Waals surface area (Å²) in [6.45, 7) is 0.840. The lowest BCUT2D eigenvalue weighted by Gasteiger charge is -2.03. The molecule has 1 saturated carbocycles. The van der Waals surface area contributed by atoms with Crippen molar-refractivity contribution in [3.63, 3.8) is 0 Å². The summed E-state index contributed by atoms with van der Waals surface area (Å²) in [5.74, 6) is 2.06. The number of anilines is 1. The van der Waals surface area contributed by atoms with Gasteiger partial charge in [0.2, 0.25) is 5.89 Å². The summed E-state index contributed by atoms with van der Waals surface area (Å²) in [5.41, 5.74) is 1.14. The van der Waals surface area contributed by atoms with Crippen LogP contribution in [0.25, 0.3) is 0 Å². The van der Waals surface area contributed by atoms with Gasteiger partial charge in [0.1, 0.15) is 0 Å². The second-order valence-corrected chi connectivity index (χ2v) is 6.01. The molecular weight excluding hydrogens is 320 g/mol. The zero-order valence-electron chi connectivity index (χ0n) is 13.6. The van der Waals surface area contributed by atoms with Crippen LogP contribution in [0.15, 0.2) is 47.1 Å². The SMILES string of the molecule is O=C(NCc1nc(C2CC2)no1)Nc1ccn(Cc2ccccc2)n1.